The topological polar surface area (TPSA) is 115 Å². The quantitative estimate of drug-likeness (QED) is 0.335. The lowest BCUT2D eigenvalue weighted by Gasteiger charge is -2.17. The van der Waals surface area contributed by atoms with Crippen LogP contribution < -0.4 is 5.32 Å². The number of nitriles is 1. The largest absolute Gasteiger partial charge is 0.475 e. The van der Waals surface area contributed by atoms with Crippen molar-refractivity contribution in [1.29, 1.82) is 5.26 Å². The van der Waals surface area contributed by atoms with Crippen LogP contribution in [-0.4, -0.2) is 40.8 Å². The summed E-state index contributed by atoms with van der Waals surface area (Å²) < 4.78 is 19.2. The molecule has 0 spiro atoms. The van der Waals surface area contributed by atoms with E-state index in [4.69, 9.17) is 4.74 Å². The van der Waals surface area contributed by atoms with Gasteiger partial charge in [-0.3, -0.25) is 4.98 Å². The zero-order valence-corrected chi connectivity index (χ0v) is 18.3. The third-order valence-electron chi connectivity index (χ3n) is 4.98. The molecular formula is C25H23BFN3O4. The Hall–Kier alpha value is -4.00. The number of aromatic nitrogens is 1. The number of benzene rings is 2. The van der Waals surface area contributed by atoms with Crippen molar-refractivity contribution in [2.24, 2.45) is 0 Å². The van der Waals surface area contributed by atoms with Crippen LogP contribution in [-0.2, 0) is 17.6 Å². The van der Waals surface area contributed by atoms with Crippen molar-refractivity contribution < 1.29 is 24.0 Å². The molecule has 172 valence electrons. The molecule has 0 aliphatic carbocycles. The second kappa shape index (κ2) is 12.3. The van der Waals surface area contributed by atoms with Gasteiger partial charge >= 0.3 is 13.2 Å². The van der Waals surface area contributed by atoms with Gasteiger partial charge < -0.3 is 20.1 Å². The number of nitrogens with one attached hydrogen (secondary N) is 1. The number of alkyl carbamates (subject to hydrolysis) is 1. The van der Waals surface area contributed by atoms with Crippen LogP contribution in [0.1, 0.15) is 22.4 Å². The van der Waals surface area contributed by atoms with Crippen LogP contribution in [0.15, 0.2) is 72.9 Å². The minimum Gasteiger partial charge on any atom is -0.449 e. The Morgan fingerprint density at radius 1 is 1.15 bits per heavy atom. The van der Waals surface area contributed by atoms with Crippen molar-refractivity contribution in [2.75, 3.05) is 6.61 Å². The van der Waals surface area contributed by atoms with Gasteiger partial charge in [-0.25, -0.2) is 9.18 Å². The van der Waals surface area contributed by atoms with Gasteiger partial charge in [-0.2, -0.15) is 5.26 Å². The number of nitrogens with zero attached hydrogens (tertiary/aromatic N) is 2. The molecule has 3 aromatic rings. The van der Waals surface area contributed by atoms with Gasteiger partial charge in [0.2, 0.25) is 0 Å². The number of halogens is 1. The molecule has 3 rings (SSSR count). The number of rotatable bonds is 9. The summed E-state index contributed by atoms with van der Waals surface area (Å²) in [4.78, 5) is 16.1. The van der Waals surface area contributed by atoms with Gasteiger partial charge in [-0.05, 0) is 41.3 Å². The standard InChI is InChI=1S/C25H23BFN3O4/c27-22-10-5-12-29-24(22)21(17-28)15-20-9-4-8-19(14-20)11-13-34-25(31)30-23(26(32)33)16-18-6-2-1-3-7-18/h1-10,12,14-15,23,32-33H,11,13,16H2,(H,30,31). The molecule has 0 bridgehead atoms. The Labute approximate surface area is 197 Å². The third-order valence-corrected chi connectivity index (χ3v) is 4.98. The Bertz CT molecular complexity index is 1180. The van der Waals surface area contributed by atoms with Crippen molar-refractivity contribution in [1.82, 2.24) is 10.3 Å². The van der Waals surface area contributed by atoms with Gasteiger partial charge in [0, 0.05) is 12.6 Å². The van der Waals surface area contributed by atoms with E-state index in [2.05, 4.69) is 10.3 Å². The lowest BCUT2D eigenvalue weighted by Crippen LogP contribution is -2.48. The first-order chi connectivity index (χ1) is 16.5. The zero-order chi connectivity index (χ0) is 24.3. The molecule has 0 fully saturated rings. The van der Waals surface area contributed by atoms with E-state index in [0.717, 1.165) is 11.1 Å². The summed E-state index contributed by atoms with van der Waals surface area (Å²) in [5, 5.41) is 31.0. The molecule has 0 aliphatic rings. The molecule has 1 amide bonds. The van der Waals surface area contributed by atoms with Gasteiger partial charge in [0.05, 0.1) is 18.1 Å². The Morgan fingerprint density at radius 2 is 1.91 bits per heavy atom. The molecule has 0 saturated carbocycles. The monoisotopic (exact) mass is 459 g/mol. The highest BCUT2D eigenvalue weighted by atomic mass is 19.1. The first-order valence-electron chi connectivity index (χ1n) is 10.6. The van der Waals surface area contributed by atoms with Crippen molar-refractivity contribution in [2.45, 2.75) is 18.8 Å². The van der Waals surface area contributed by atoms with Gasteiger partial charge in [0.15, 0.2) is 0 Å². The predicted octanol–water partition coefficient (Wildman–Crippen LogP) is 3.18. The minimum absolute atomic E-state index is 0.0217. The Morgan fingerprint density at radius 3 is 2.62 bits per heavy atom. The molecule has 1 atom stereocenters. The molecule has 0 aliphatic heterocycles. The summed E-state index contributed by atoms with van der Waals surface area (Å²) in [6, 6.07) is 21.0. The molecule has 2 aromatic carbocycles. The summed E-state index contributed by atoms with van der Waals surface area (Å²) in [5.41, 5.74) is 2.43. The van der Waals surface area contributed by atoms with Crippen LogP contribution in [0.5, 0.6) is 0 Å². The average Bonchev–Trinajstić information content (AvgIpc) is 2.83. The molecule has 1 unspecified atom stereocenters. The van der Waals surface area contributed by atoms with Gasteiger partial charge in [0.1, 0.15) is 17.6 Å². The van der Waals surface area contributed by atoms with E-state index in [1.807, 2.05) is 42.5 Å². The van der Waals surface area contributed by atoms with Crippen molar-refractivity contribution in [3.05, 3.63) is 101 Å². The molecule has 0 saturated heterocycles. The zero-order valence-electron chi connectivity index (χ0n) is 18.3. The van der Waals surface area contributed by atoms with Gasteiger partial charge in [-0.15, -0.1) is 0 Å². The summed E-state index contributed by atoms with van der Waals surface area (Å²) in [6.45, 7) is 0.0541. The average molecular weight is 459 g/mol. The highest BCUT2D eigenvalue weighted by Crippen LogP contribution is 2.19. The smallest absolute Gasteiger partial charge is 0.449 e. The molecule has 0 radical (unpaired) electrons. The van der Waals surface area contributed by atoms with Crippen molar-refractivity contribution in [3.8, 4) is 6.07 Å². The number of hydrogen-bond acceptors (Lipinski definition) is 6. The number of hydrogen-bond donors (Lipinski definition) is 3. The first-order valence-corrected chi connectivity index (χ1v) is 10.6. The highest BCUT2D eigenvalue weighted by molar-refractivity contribution is 6.43. The Balaban J connectivity index is 1.57. The van der Waals surface area contributed by atoms with E-state index >= 15 is 0 Å². The molecule has 34 heavy (non-hydrogen) atoms. The summed E-state index contributed by atoms with van der Waals surface area (Å²) >= 11 is 0. The SMILES string of the molecule is N#CC(=Cc1cccc(CCOC(=O)NC(Cc2ccccc2)B(O)O)c1)c1ncccc1F. The highest BCUT2D eigenvalue weighted by Gasteiger charge is 2.26. The molecule has 3 N–H and O–H groups in total. The maximum Gasteiger partial charge on any atom is 0.475 e. The summed E-state index contributed by atoms with van der Waals surface area (Å²) in [6.07, 6.45) is 2.82. The first kappa shape index (κ1) is 24.6. The Kier molecular flexibility index (Phi) is 8.92. The van der Waals surface area contributed by atoms with E-state index in [9.17, 15) is 24.5 Å². The summed E-state index contributed by atoms with van der Waals surface area (Å²) in [5.74, 6) is -1.50. The second-order valence-corrected chi connectivity index (χ2v) is 7.49. The van der Waals surface area contributed by atoms with Crippen LogP contribution in [0.4, 0.5) is 9.18 Å². The second-order valence-electron chi connectivity index (χ2n) is 7.49. The van der Waals surface area contributed by atoms with Crippen molar-refractivity contribution in [3.63, 3.8) is 0 Å². The number of carbonyl (C=O) groups excluding carboxylic acids is 1. The number of amides is 1. The number of ether oxygens (including phenoxy) is 1. The molecule has 9 heteroatoms. The lowest BCUT2D eigenvalue weighted by atomic mass is 9.76. The molecule has 7 nitrogen and oxygen atoms in total. The number of allylic oxidation sites excluding steroid dienone is 1. The van der Waals surface area contributed by atoms with Crippen LogP contribution in [0, 0.1) is 17.1 Å². The summed E-state index contributed by atoms with van der Waals surface area (Å²) in [7, 11) is -1.74. The van der Waals surface area contributed by atoms with E-state index in [-0.39, 0.29) is 24.3 Å². The van der Waals surface area contributed by atoms with Gasteiger partial charge in [0.25, 0.3) is 0 Å². The predicted molar refractivity (Wildman–Crippen MR) is 126 cm³/mol. The normalized spacial score (nSPS) is 11.9. The van der Waals surface area contributed by atoms with E-state index in [0.29, 0.717) is 12.0 Å². The van der Waals surface area contributed by atoms with Crippen LogP contribution in [0.3, 0.4) is 0 Å². The maximum absolute atomic E-state index is 14.0. The number of pyridine rings is 1. The molecular weight excluding hydrogens is 436 g/mol. The van der Waals surface area contributed by atoms with Crippen LogP contribution >= 0.6 is 0 Å². The maximum atomic E-state index is 14.0. The molecule has 1 aromatic heterocycles. The lowest BCUT2D eigenvalue weighted by molar-refractivity contribution is 0.144. The van der Waals surface area contributed by atoms with E-state index < -0.39 is 25.0 Å². The fourth-order valence-corrected chi connectivity index (χ4v) is 3.30. The van der Waals surface area contributed by atoms with E-state index in [1.54, 1.807) is 24.3 Å². The third kappa shape index (κ3) is 7.27. The van der Waals surface area contributed by atoms with E-state index in [1.165, 1.54) is 18.3 Å². The van der Waals surface area contributed by atoms with Crippen LogP contribution in [0.2, 0.25) is 0 Å². The van der Waals surface area contributed by atoms with Gasteiger partial charge in [-0.1, -0.05) is 54.6 Å². The minimum atomic E-state index is -1.74. The fraction of sp³-hybridized carbons (Fsp3) is 0.160. The van der Waals surface area contributed by atoms with Crippen molar-refractivity contribution >= 4 is 24.9 Å². The van der Waals surface area contributed by atoms with Crippen LogP contribution in [0.25, 0.3) is 11.6 Å². The fourth-order valence-electron chi connectivity index (χ4n) is 3.30. The molecule has 1 heterocycles. The number of carbonyl (C=O) groups is 1.